The topological polar surface area (TPSA) is 38.3 Å². The Labute approximate surface area is 130 Å². The van der Waals surface area contributed by atoms with Crippen LogP contribution in [-0.4, -0.2) is 20.5 Å². The summed E-state index contributed by atoms with van der Waals surface area (Å²) < 4.78 is 5.27. The van der Waals surface area contributed by atoms with Crippen molar-refractivity contribution in [2.24, 2.45) is 0 Å². The largest absolute Gasteiger partial charge is 0.444 e. The van der Waals surface area contributed by atoms with Gasteiger partial charge in [-0.05, 0) is 38.3 Å². The van der Waals surface area contributed by atoms with Gasteiger partial charge in [-0.1, -0.05) is 42.6 Å². The second-order valence-corrected chi connectivity index (χ2v) is 9.47. The van der Waals surface area contributed by atoms with Gasteiger partial charge in [0.1, 0.15) is 5.60 Å². The smallest absolute Gasteiger partial charge is 0.407 e. The summed E-state index contributed by atoms with van der Waals surface area (Å²) in [6, 6.07) is 6.47. The number of ether oxygens (including phenoxy) is 1. The zero-order valence-corrected chi connectivity index (χ0v) is 15.0. The van der Waals surface area contributed by atoms with Crippen LogP contribution in [0, 0.1) is 0 Å². The van der Waals surface area contributed by atoms with Crippen LogP contribution in [0.5, 0.6) is 0 Å². The Balaban J connectivity index is 2.78. The average Bonchev–Trinajstić information content (AvgIpc) is 2.35. The number of benzene rings is 1. The summed E-state index contributed by atoms with van der Waals surface area (Å²) >= 11 is 0. The molecule has 0 atom stereocenters. The Kier molecular flexibility index (Phi) is 6.21. The maximum Gasteiger partial charge on any atom is 0.407 e. The molecule has 1 amide bonds. The molecule has 0 aliphatic rings. The minimum Gasteiger partial charge on any atom is -0.444 e. The molecule has 0 heterocycles. The summed E-state index contributed by atoms with van der Waals surface area (Å²) in [5, 5.41) is 4.24. The van der Waals surface area contributed by atoms with Crippen molar-refractivity contribution in [3.05, 3.63) is 42.0 Å². The van der Waals surface area contributed by atoms with Crippen LogP contribution in [0.25, 0.3) is 0 Å². The summed E-state index contributed by atoms with van der Waals surface area (Å²) in [4.78, 5) is 11.7. The summed E-state index contributed by atoms with van der Waals surface area (Å²) in [5.74, 6) is 0. The third-order valence-corrected chi connectivity index (χ3v) is 4.82. The van der Waals surface area contributed by atoms with E-state index < -0.39 is 14.4 Å². The second kappa shape index (κ2) is 7.45. The van der Waals surface area contributed by atoms with E-state index in [9.17, 15) is 4.79 Å². The molecule has 0 aromatic heterocycles. The van der Waals surface area contributed by atoms with E-state index in [1.54, 1.807) is 0 Å². The lowest BCUT2D eigenvalue weighted by Crippen LogP contribution is -2.35. The minimum atomic E-state index is -0.953. The Morgan fingerprint density at radius 2 is 2.05 bits per heavy atom. The number of hydrogen-bond acceptors (Lipinski definition) is 2. The van der Waals surface area contributed by atoms with Crippen LogP contribution in [0.4, 0.5) is 4.79 Å². The van der Waals surface area contributed by atoms with Gasteiger partial charge in [-0.15, -0.1) is 6.58 Å². The highest BCUT2D eigenvalue weighted by atomic mass is 28.3. The first-order chi connectivity index (χ1) is 9.73. The molecular formula is C17H27NO2Si. The number of carbonyl (C=O) groups excluding carboxylic acids is 1. The molecule has 0 spiro atoms. The minimum absolute atomic E-state index is 0.367. The number of hydrogen-bond donors (Lipinski definition) is 1. The zero-order chi connectivity index (χ0) is 16.0. The maximum absolute atomic E-state index is 11.7. The second-order valence-electron chi connectivity index (χ2n) is 6.54. The van der Waals surface area contributed by atoms with Gasteiger partial charge in [-0.2, -0.15) is 0 Å². The van der Waals surface area contributed by atoms with Crippen LogP contribution < -0.4 is 10.5 Å². The van der Waals surface area contributed by atoms with Gasteiger partial charge in [0.05, 0.1) is 8.80 Å². The van der Waals surface area contributed by atoms with Crippen LogP contribution in [0.3, 0.4) is 0 Å². The zero-order valence-electron chi connectivity index (χ0n) is 13.8. The van der Waals surface area contributed by atoms with Crippen LogP contribution in [0.1, 0.15) is 31.9 Å². The molecular weight excluding hydrogens is 278 g/mol. The van der Waals surface area contributed by atoms with Crippen LogP contribution in [0.15, 0.2) is 30.9 Å². The number of rotatable bonds is 5. The molecule has 1 aromatic rings. The third kappa shape index (κ3) is 6.17. The molecule has 0 aliphatic heterocycles. The van der Waals surface area contributed by atoms with Gasteiger partial charge in [-0.25, -0.2) is 4.79 Å². The predicted molar refractivity (Wildman–Crippen MR) is 91.9 cm³/mol. The molecule has 116 valence electrons. The van der Waals surface area contributed by atoms with Gasteiger partial charge in [0.15, 0.2) is 0 Å². The van der Waals surface area contributed by atoms with E-state index in [4.69, 9.17) is 4.74 Å². The molecule has 0 fully saturated rings. The molecule has 1 aromatic carbocycles. The van der Waals surface area contributed by atoms with E-state index in [-0.39, 0.29) is 6.09 Å². The van der Waals surface area contributed by atoms with E-state index in [1.165, 1.54) is 16.3 Å². The third-order valence-electron chi connectivity index (χ3n) is 3.03. The quantitative estimate of drug-likeness (QED) is 0.670. The van der Waals surface area contributed by atoms with Crippen LogP contribution in [0.2, 0.25) is 13.1 Å². The summed E-state index contributed by atoms with van der Waals surface area (Å²) in [5.41, 5.74) is 2.01. The highest BCUT2D eigenvalue weighted by molar-refractivity contribution is 6.71. The van der Waals surface area contributed by atoms with Crippen molar-refractivity contribution in [1.82, 2.24) is 5.32 Å². The van der Waals surface area contributed by atoms with Gasteiger partial charge in [0.25, 0.3) is 0 Å². The first kappa shape index (κ1) is 17.5. The van der Waals surface area contributed by atoms with Gasteiger partial charge in [0.2, 0.25) is 0 Å². The van der Waals surface area contributed by atoms with Crippen molar-refractivity contribution in [3.63, 3.8) is 0 Å². The van der Waals surface area contributed by atoms with Crippen molar-refractivity contribution in [2.75, 3.05) is 0 Å². The van der Waals surface area contributed by atoms with Crippen molar-refractivity contribution in [1.29, 1.82) is 0 Å². The van der Waals surface area contributed by atoms with Gasteiger partial charge < -0.3 is 10.1 Å². The number of amides is 1. The average molecular weight is 305 g/mol. The highest BCUT2D eigenvalue weighted by Crippen LogP contribution is 2.08. The molecule has 1 rings (SSSR count). The fraction of sp³-hybridized carbons (Fsp3) is 0.471. The number of alkyl carbamates (subject to hydrolysis) is 1. The lowest BCUT2D eigenvalue weighted by Gasteiger charge is -2.20. The molecule has 0 saturated heterocycles. The Morgan fingerprint density at radius 1 is 1.38 bits per heavy atom. The molecule has 3 nitrogen and oxygen atoms in total. The SMILES string of the molecule is C=CCc1ccc(CNC(=O)OC(C)(C)C)c([SiH](C)C)c1. The lowest BCUT2D eigenvalue weighted by molar-refractivity contribution is 0.0523. The molecule has 1 N–H and O–H groups in total. The van der Waals surface area contributed by atoms with E-state index in [0.29, 0.717) is 6.54 Å². The lowest BCUT2D eigenvalue weighted by atomic mass is 10.1. The maximum atomic E-state index is 11.7. The normalized spacial score (nSPS) is 11.3. The highest BCUT2D eigenvalue weighted by Gasteiger charge is 2.16. The van der Waals surface area contributed by atoms with Gasteiger partial charge >= 0.3 is 6.09 Å². The first-order valence-corrected chi connectivity index (χ1v) is 10.3. The van der Waals surface area contributed by atoms with Crippen LogP contribution in [-0.2, 0) is 17.7 Å². The molecule has 0 saturated carbocycles. The van der Waals surface area contributed by atoms with Crippen molar-refractivity contribution in [3.8, 4) is 0 Å². The van der Waals surface area contributed by atoms with E-state index in [2.05, 4.69) is 43.2 Å². The van der Waals surface area contributed by atoms with Crippen molar-refractivity contribution >= 4 is 20.1 Å². The molecule has 0 unspecified atom stereocenters. The molecule has 0 aliphatic carbocycles. The molecule has 0 bridgehead atoms. The summed E-state index contributed by atoms with van der Waals surface area (Å²) in [6.07, 6.45) is 2.43. The fourth-order valence-electron chi connectivity index (χ4n) is 2.12. The monoisotopic (exact) mass is 305 g/mol. The van der Waals surface area contributed by atoms with Gasteiger partial charge in [-0.3, -0.25) is 0 Å². The molecule has 0 radical (unpaired) electrons. The first-order valence-electron chi connectivity index (χ1n) is 7.42. The Bertz CT molecular complexity index is 504. The standard InChI is InChI=1S/C17H27NO2Si/c1-7-8-13-9-10-14(15(11-13)21(5)6)12-18-16(19)20-17(2,3)4/h7,9-11,21H,1,8,12H2,2-6H3,(H,18,19). The fourth-order valence-corrected chi connectivity index (χ4v) is 3.61. The van der Waals surface area contributed by atoms with E-state index in [0.717, 1.165) is 6.42 Å². The number of carbonyl (C=O) groups is 1. The van der Waals surface area contributed by atoms with Crippen molar-refractivity contribution < 1.29 is 9.53 Å². The molecule has 21 heavy (non-hydrogen) atoms. The molecule has 4 heteroatoms. The summed E-state index contributed by atoms with van der Waals surface area (Å²) in [7, 11) is -0.953. The number of nitrogens with one attached hydrogen (secondary N) is 1. The van der Waals surface area contributed by atoms with Gasteiger partial charge in [0, 0.05) is 6.54 Å². The van der Waals surface area contributed by atoms with E-state index >= 15 is 0 Å². The number of allylic oxidation sites excluding steroid dienone is 1. The summed E-state index contributed by atoms with van der Waals surface area (Å²) in [6.45, 7) is 14.5. The van der Waals surface area contributed by atoms with E-state index in [1.807, 2.05) is 26.8 Å². The predicted octanol–water partition coefficient (Wildman–Crippen LogP) is 3.13. The Morgan fingerprint density at radius 3 is 2.57 bits per heavy atom. The Hall–Kier alpha value is -1.55. The van der Waals surface area contributed by atoms with Crippen molar-refractivity contribution in [2.45, 2.75) is 52.4 Å². The van der Waals surface area contributed by atoms with Crippen LogP contribution >= 0.6 is 0 Å².